The van der Waals surface area contributed by atoms with Crippen LogP contribution in [-0.4, -0.2) is 34.5 Å². The smallest absolute Gasteiger partial charge is 0.338 e. The molecule has 174 valence electrons. The Morgan fingerprint density at radius 1 is 1.12 bits per heavy atom. The highest BCUT2D eigenvalue weighted by atomic mass is 35.5. The van der Waals surface area contributed by atoms with Crippen molar-refractivity contribution in [2.45, 2.75) is 20.3 Å². The Balaban J connectivity index is 1.71. The molecule has 0 bridgehead atoms. The molecular formula is C22H21Cl2N3O4S2. The maximum Gasteiger partial charge on any atom is 0.338 e. The van der Waals surface area contributed by atoms with E-state index in [0.717, 1.165) is 28.8 Å². The maximum absolute atomic E-state index is 12.8. The number of hydrogen-bond donors (Lipinski definition) is 2. The number of carbonyl (C=O) groups is 2. The van der Waals surface area contributed by atoms with Gasteiger partial charge in [-0.15, -0.1) is 0 Å². The van der Waals surface area contributed by atoms with E-state index in [0.29, 0.717) is 45.4 Å². The topological polar surface area (TPSA) is 79.9 Å². The lowest BCUT2D eigenvalue weighted by Gasteiger charge is -2.16. The Kier molecular flexibility index (Phi) is 8.85. The summed E-state index contributed by atoms with van der Waals surface area (Å²) in [5, 5.41) is 4.25. The minimum Gasteiger partial charge on any atom is -0.490 e. The highest BCUT2D eigenvalue weighted by Gasteiger charge is 2.33. The van der Waals surface area contributed by atoms with Crippen molar-refractivity contribution in [1.29, 1.82) is 0 Å². The lowest BCUT2D eigenvalue weighted by molar-refractivity contribution is -0.123. The number of halogens is 2. The molecule has 7 nitrogen and oxygen atoms in total. The van der Waals surface area contributed by atoms with E-state index in [1.54, 1.807) is 30.3 Å². The number of ether oxygens (including phenoxy) is 2. The van der Waals surface area contributed by atoms with Gasteiger partial charge in [0.05, 0.1) is 28.2 Å². The molecule has 3 amide bonds. The van der Waals surface area contributed by atoms with E-state index < -0.39 is 11.9 Å². The van der Waals surface area contributed by atoms with Crippen LogP contribution in [0.15, 0.2) is 41.3 Å². The standard InChI is InChI=1S/C22H21Cl2N3O4S2/c1-3-9-31-17-8-5-13(10-18(17)30-4-2)11-19-20(28)27(22(32)33-19)26-21(29)25-14-6-7-15(23)16(24)12-14/h5-8,10-12H,3-4,9H2,1-2H3,(H2,25,26,29)/b19-11-. The summed E-state index contributed by atoms with van der Waals surface area (Å²) >= 11 is 18.2. The molecule has 0 unspecified atom stereocenters. The number of anilines is 1. The fourth-order valence-corrected chi connectivity index (χ4v) is 4.24. The first-order valence-electron chi connectivity index (χ1n) is 10.0. The fraction of sp³-hybridized carbons (Fsp3) is 0.227. The lowest BCUT2D eigenvalue weighted by Crippen LogP contribution is -2.46. The van der Waals surface area contributed by atoms with Crippen LogP contribution in [0.5, 0.6) is 11.5 Å². The van der Waals surface area contributed by atoms with Crippen molar-refractivity contribution in [3.05, 3.63) is 56.9 Å². The average molecular weight is 526 g/mol. The van der Waals surface area contributed by atoms with Gasteiger partial charge < -0.3 is 14.8 Å². The highest BCUT2D eigenvalue weighted by Crippen LogP contribution is 2.34. The number of carbonyl (C=O) groups excluding carboxylic acids is 2. The molecule has 1 aliphatic rings. The normalized spacial score (nSPS) is 14.5. The second-order valence-corrected chi connectivity index (χ2v) is 9.19. The van der Waals surface area contributed by atoms with Crippen molar-refractivity contribution in [1.82, 2.24) is 10.4 Å². The van der Waals surface area contributed by atoms with Gasteiger partial charge in [0.2, 0.25) is 0 Å². The largest absolute Gasteiger partial charge is 0.490 e. The summed E-state index contributed by atoms with van der Waals surface area (Å²) in [5.74, 6) is 0.789. The van der Waals surface area contributed by atoms with E-state index >= 15 is 0 Å². The van der Waals surface area contributed by atoms with Gasteiger partial charge >= 0.3 is 6.03 Å². The van der Waals surface area contributed by atoms with Crippen LogP contribution in [0.25, 0.3) is 6.08 Å². The molecule has 0 spiro atoms. The van der Waals surface area contributed by atoms with Gasteiger partial charge in [-0.25, -0.2) is 10.2 Å². The number of nitrogens with zero attached hydrogens (tertiary/aromatic N) is 1. The van der Waals surface area contributed by atoms with Gasteiger partial charge in [-0.1, -0.05) is 48.0 Å². The predicted molar refractivity (Wildman–Crippen MR) is 137 cm³/mol. The van der Waals surface area contributed by atoms with Gasteiger partial charge in [0.25, 0.3) is 5.91 Å². The summed E-state index contributed by atoms with van der Waals surface area (Å²) < 4.78 is 11.6. The molecule has 0 aromatic heterocycles. The third-order valence-corrected chi connectivity index (χ3v) is 6.25. The van der Waals surface area contributed by atoms with Crippen LogP contribution in [0.1, 0.15) is 25.8 Å². The number of hydrazine groups is 1. The zero-order valence-electron chi connectivity index (χ0n) is 17.8. The maximum atomic E-state index is 12.8. The van der Waals surface area contributed by atoms with Gasteiger partial charge in [0, 0.05) is 5.69 Å². The molecule has 0 saturated carbocycles. The van der Waals surface area contributed by atoms with Crippen LogP contribution < -0.4 is 20.2 Å². The quantitative estimate of drug-likeness (QED) is 0.319. The van der Waals surface area contributed by atoms with Crippen molar-refractivity contribution < 1.29 is 19.1 Å². The molecule has 0 atom stereocenters. The van der Waals surface area contributed by atoms with Crippen LogP contribution in [-0.2, 0) is 4.79 Å². The molecule has 0 radical (unpaired) electrons. The van der Waals surface area contributed by atoms with Gasteiger partial charge in [-0.05, 0) is 67.5 Å². The van der Waals surface area contributed by atoms with Crippen LogP contribution in [0.2, 0.25) is 10.0 Å². The Morgan fingerprint density at radius 2 is 1.91 bits per heavy atom. The minimum absolute atomic E-state index is 0.198. The van der Waals surface area contributed by atoms with E-state index in [2.05, 4.69) is 10.7 Å². The molecule has 3 rings (SSSR count). The molecule has 33 heavy (non-hydrogen) atoms. The third-order valence-electron chi connectivity index (χ3n) is 4.21. The Morgan fingerprint density at radius 3 is 2.61 bits per heavy atom. The van der Waals surface area contributed by atoms with E-state index in [1.165, 1.54) is 6.07 Å². The Labute approximate surface area is 211 Å². The molecule has 2 aromatic carbocycles. The number of thioether (sulfide) groups is 1. The molecular weight excluding hydrogens is 505 g/mol. The lowest BCUT2D eigenvalue weighted by atomic mass is 10.2. The number of nitrogens with one attached hydrogen (secondary N) is 2. The first-order valence-corrected chi connectivity index (χ1v) is 12.0. The van der Waals surface area contributed by atoms with Crippen LogP contribution in [0.3, 0.4) is 0 Å². The van der Waals surface area contributed by atoms with Crippen molar-refractivity contribution >= 4 is 75.2 Å². The predicted octanol–water partition coefficient (Wildman–Crippen LogP) is 6.12. The summed E-state index contributed by atoms with van der Waals surface area (Å²) in [6.45, 7) is 4.96. The van der Waals surface area contributed by atoms with E-state index in [4.69, 9.17) is 44.9 Å². The minimum atomic E-state index is -0.651. The molecule has 11 heteroatoms. The second kappa shape index (κ2) is 11.6. The molecule has 2 aromatic rings. The molecule has 1 aliphatic heterocycles. The zero-order valence-corrected chi connectivity index (χ0v) is 21.0. The summed E-state index contributed by atoms with van der Waals surface area (Å²) in [6, 6.07) is 9.41. The number of benzene rings is 2. The molecule has 2 N–H and O–H groups in total. The first kappa shape index (κ1) is 25.2. The van der Waals surface area contributed by atoms with Crippen molar-refractivity contribution in [3.63, 3.8) is 0 Å². The first-order chi connectivity index (χ1) is 15.8. The number of rotatable bonds is 8. The second-order valence-electron chi connectivity index (χ2n) is 6.70. The highest BCUT2D eigenvalue weighted by molar-refractivity contribution is 8.26. The number of thiocarbonyl (C=S) groups is 1. The summed E-state index contributed by atoms with van der Waals surface area (Å²) in [5.41, 5.74) is 3.60. The monoisotopic (exact) mass is 525 g/mol. The number of urea groups is 1. The molecule has 1 fully saturated rings. The van der Waals surface area contributed by atoms with Gasteiger partial charge in [-0.2, -0.15) is 5.01 Å². The summed E-state index contributed by atoms with van der Waals surface area (Å²) in [7, 11) is 0. The SMILES string of the molecule is CCCOc1ccc(/C=C2\SC(=S)N(NC(=O)Nc3ccc(Cl)c(Cl)c3)C2=O)cc1OCC. The van der Waals surface area contributed by atoms with Gasteiger partial charge in [0.1, 0.15) is 0 Å². The molecule has 0 aliphatic carbocycles. The van der Waals surface area contributed by atoms with E-state index in [1.807, 2.05) is 19.9 Å². The fourth-order valence-electron chi connectivity index (χ4n) is 2.76. The Bertz CT molecular complexity index is 1110. The van der Waals surface area contributed by atoms with Crippen LogP contribution in [0, 0.1) is 0 Å². The number of hydrogen-bond acceptors (Lipinski definition) is 6. The average Bonchev–Trinajstić information content (AvgIpc) is 3.03. The van der Waals surface area contributed by atoms with Gasteiger partial charge in [-0.3, -0.25) is 4.79 Å². The van der Waals surface area contributed by atoms with Gasteiger partial charge in [0.15, 0.2) is 15.8 Å². The van der Waals surface area contributed by atoms with Crippen LogP contribution >= 0.6 is 47.2 Å². The van der Waals surface area contributed by atoms with Crippen molar-refractivity contribution in [3.8, 4) is 11.5 Å². The van der Waals surface area contributed by atoms with E-state index in [-0.39, 0.29) is 4.32 Å². The third kappa shape index (κ3) is 6.54. The van der Waals surface area contributed by atoms with Crippen molar-refractivity contribution in [2.24, 2.45) is 0 Å². The molecule has 1 heterocycles. The van der Waals surface area contributed by atoms with Crippen molar-refractivity contribution in [2.75, 3.05) is 18.5 Å². The van der Waals surface area contributed by atoms with Crippen LogP contribution in [0.4, 0.5) is 10.5 Å². The Hall–Kier alpha value is -2.46. The van der Waals surface area contributed by atoms with E-state index in [9.17, 15) is 9.59 Å². The molecule has 1 saturated heterocycles. The summed E-state index contributed by atoms with van der Waals surface area (Å²) in [6.07, 6.45) is 2.56. The zero-order chi connectivity index (χ0) is 24.0. The number of amides is 3. The summed E-state index contributed by atoms with van der Waals surface area (Å²) in [4.78, 5) is 25.5.